The molecule has 1 unspecified atom stereocenters. The Labute approximate surface area is 141 Å². The van der Waals surface area contributed by atoms with E-state index in [9.17, 15) is 14.9 Å². The van der Waals surface area contributed by atoms with Crippen LogP contribution in [0.4, 0.5) is 0 Å². The van der Waals surface area contributed by atoms with Crippen molar-refractivity contribution < 1.29 is 14.5 Å². The highest BCUT2D eigenvalue weighted by molar-refractivity contribution is 5.96. The number of carbonyl (C=O) groups is 1. The lowest BCUT2D eigenvalue weighted by atomic mass is 9.95. The Morgan fingerprint density at radius 3 is 2.88 bits per heavy atom. The summed E-state index contributed by atoms with van der Waals surface area (Å²) < 4.78 is 5.21. The first-order valence-corrected chi connectivity index (χ1v) is 8.10. The molecule has 1 aliphatic heterocycles. The molecule has 0 aromatic carbocycles. The highest BCUT2D eigenvalue weighted by atomic mass is 16.6. The molecule has 0 saturated carbocycles. The second-order valence-corrected chi connectivity index (χ2v) is 5.89. The molecule has 7 heteroatoms. The summed E-state index contributed by atoms with van der Waals surface area (Å²) in [4.78, 5) is 25.5. The number of carbonyl (C=O) groups excluding carboxylic acids is 1. The van der Waals surface area contributed by atoms with Crippen LogP contribution in [0.1, 0.15) is 19.8 Å². The molecular weight excluding hydrogens is 310 g/mol. The van der Waals surface area contributed by atoms with Crippen molar-refractivity contribution in [3.05, 3.63) is 33.5 Å². The number of ether oxygens (including phenoxy) is 1. The van der Waals surface area contributed by atoms with Crippen LogP contribution in [-0.2, 0) is 9.53 Å². The largest absolute Gasteiger partial charge is 0.382 e. The quantitative estimate of drug-likeness (QED) is 0.460. The number of nitro groups is 1. The molecule has 0 bridgehead atoms. The van der Waals surface area contributed by atoms with Crippen LogP contribution >= 0.6 is 0 Å². The van der Waals surface area contributed by atoms with E-state index in [1.807, 2.05) is 6.92 Å². The Morgan fingerprint density at radius 2 is 2.25 bits per heavy atom. The predicted octanol–water partition coefficient (Wildman–Crippen LogP) is 0.954. The second-order valence-electron chi connectivity index (χ2n) is 5.89. The molecule has 0 radical (unpaired) electrons. The summed E-state index contributed by atoms with van der Waals surface area (Å²) in [5.74, 6) is 5.15. The van der Waals surface area contributed by atoms with E-state index in [-0.39, 0.29) is 17.7 Å². The number of amides is 1. The molecule has 24 heavy (non-hydrogen) atoms. The van der Waals surface area contributed by atoms with Gasteiger partial charge in [-0.2, -0.15) is 0 Å². The number of methoxy groups -OCH3 is 1. The molecule has 130 valence electrons. The predicted molar refractivity (Wildman–Crippen MR) is 89.6 cm³/mol. The van der Waals surface area contributed by atoms with Gasteiger partial charge in [-0.25, -0.2) is 0 Å². The van der Waals surface area contributed by atoms with Gasteiger partial charge in [-0.05, 0) is 13.3 Å². The number of nitrogens with one attached hydrogen (secondary N) is 1. The molecule has 1 heterocycles. The van der Waals surface area contributed by atoms with Crippen LogP contribution in [-0.4, -0.2) is 55.1 Å². The Bertz CT molecular complexity index is 609. The van der Waals surface area contributed by atoms with E-state index in [4.69, 9.17) is 4.74 Å². The summed E-state index contributed by atoms with van der Waals surface area (Å²) in [6.07, 6.45) is 3.75. The number of piperazine rings is 1. The molecular formula is C17H23N3O4. The van der Waals surface area contributed by atoms with Gasteiger partial charge in [-0.3, -0.25) is 14.9 Å². The number of nitrogens with zero attached hydrogens (tertiary/aromatic N) is 2. The van der Waals surface area contributed by atoms with Crippen LogP contribution in [0.3, 0.4) is 0 Å². The van der Waals surface area contributed by atoms with Gasteiger partial charge in [-0.1, -0.05) is 17.9 Å². The SMILES string of the molecule is COC(C)C[C@@H]1C#CC/C=C(C(=O)N2CCNCC2)\C=C/1[N+](=O)[O-]. The normalized spacial score (nSPS) is 26.6. The number of rotatable bonds is 5. The van der Waals surface area contributed by atoms with Crippen LogP contribution in [0.2, 0.25) is 0 Å². The van der Waals surface area contributed by atoms with Crippen molar-refractivity contribution in [2.45, 2.75) is 25.9 Å². The maximum absolute atomic E-state index is 12.7. The summed E-state index contributed by atoms with van der Waals surface area (Å²) in [7, 11) is 1.57. The lowest BCUT2D eigenvalue weighted by Crippen LogP contribution is -2.46. The average Bonchev–Trinajstić information content (AvgIpc) is 2.57. The molecule has 0 aromatic heterocycles. The minimum Gasteiger partial charge on any atom is -0.382 e. The van der Waals surface area contributed by atoms with Crippen LogP contribution in [0.5, 0.6) is 0 Å². The molecule has 1 N–H and O–H groups in total. The lowest BCUT2D eigenvalue weighted by molar-refractivity contribution is -0.432. The fourth-order valence-corrected chi connectivity index (χ4v) is 2.72. The molecule has 0 spiro atoms. The Hall–Kier alpha value is -2.17. The van der Waals surface area contributed by atoms with Crippen molar-refractivity contribution in [1.29, 1.82) is 0 Å². The van der Waals surface area contributed by atoms with Crippen LogP contribution < -0.4 is 5.32 Å². The monoisotopic (exact) mass is 333 g/mol. The summed E-state index contributed by atoms with van der Waals surface area (Å²) in [6, 6.07) is 0. The molecule has 2 atom stereocenters. The minimum atomic E-state index is -0.547. The van der Waals surface area contributed by atoms with Crippen molar-refractivity contribution in [3.8, 4) is 11.8 Å². The van der Waals surface area contributed by atoms with Gasteiger partial charge in [0.2, 0.25) is 0 Å². The number of hydrogen-bond donors (Lipinski definition) is 1. The molecule has 0 aromatic rings. The summed E-state index contributed by atoms with van der Waals surface area (Å²) in [5, 5.41) is 14.7. The molecule has 7 nitrogen and oxygen atoms in total. The maximum Gasteiger partial charge on any atom is 0.262 e. The summed E-state index contributed by atoms with van der Waals surface area (Å²) >= 11 is 0. The zero-order valence-electron chi connectivity index (χ0n) is 14.1. The molecule has 1 aliphatic carbocycles. The molecule has 2 aliphatic rings. The number of hydrogen-bond acceptors (Lipinski definition) is 5. The van der Waals surface area contributed by atoms with E-state index in [1.165, 1.54) is 6.08 Å². The zero-order chi connectivity index (χ0) is 17.5. The highest BCUT2D eigenvalue weighted by Crippen LogP contribution is 2.23. The van der Waals surface area contributed by atoms with Gasteiger partial charge in [0.15, 0.2) is 0 Å². The van der Waals surface area contributed by atoms with Gasteiger partial charge < -0.3 is 15.0 Å². The van der Waals surface area contributed by atoms with Crippen molar-refractivity contribution in [2.75, 3.05) is 33.3 Å². The lowest BCUT2D eigenvalue weighted by Gasteiger charge is -2.28. The third kappa shape index (κ3) is 4.66. The van der Waals surface area contributed by atoms with E-state index in [0.717, 1.165) is 13.1 Å². The van der Waals surface area contributed by atoms with Gasteiger partial charge in [0.05, 0.1) is 11.0 Å². The van der Waals surface area contributed by atoms with Crippen LogP contribution in [0.25, 0.3) is 0 Å². The average molecular weight is 333 g/mol. The van der Waals surface area contributed by atoms with E-state index in [1.54, 1.807) is 18.1 Å². The fourth-order valence-electron chi connectivity index (χ4n) is 2.72. The van der Waals surface area contributed by atoms with Crippen LogP contribution in [0.15, 0.2) is 23.4 Å². The Balaban J connectivity index is 2.27. The van der Waals surface area contributed by atoms with Gasteiger partial charge in [0.1, 0.15) is 5.92 Å². The third-order valence-electron chi connectivity index (χ3n) is 4.19. The third-order valence-corrected chi connectivity index (χ3v) is 4.19. The molecule has 1 amide bonds. The fraction of sp³-hybridized carbons (Fsp3) is 0.588. The van der Waals surface area contributed by atoms with Crippen molar-refractivity contribution >= 4 is 5.91 Å². The van der Waals surface area contributed by atoms with E-state index in [0.29, 0.717) is 31.5 Å². The van der Waals surface area contributed by atoms with E-state index >= 15 is 0 Å². The maximum atomic E-state index is 12.7. The number of allylic oxidation sites excluding steroid dienone is 2. The zero-order valence-corrected chi connectivity index (χ0v) is 14.1. The first kappa shape index (κ1) is 18.2. The Kier molecular flexibility index (Phi) is 6.53. The van der Waals surface area contributed by atoms with Crippen molar-refractivity contribution in [2.24, 2.45) is 5.92 Å². The van der Waals surface area contributed by atoms with Gasteiger partial charge in [0, 0.05) is 51.4 Å². The molecule has 1 saturated heterocycles. The topological polar surface area (TPSA) is 84.7 Å². The smallest absolute Gasteiger partial charge is 0.262 e. The first-order chi connectivity index (χ1) is 11.5. The first-order valence-electron chi connectivity index (χ1n) is 8.10. The van der Waals surface area contributed by atoms with Crippen LogP contribution in [0, 0.1) is 27.9 Å². The summed E-state index contributed by atoms with van der Waals surface area (Å²) in [6.45, 7) is 4.53. The highest BCUT2D eigenvalue weighted by Gasteiger charge is 2.28. The second kappa shape index (κ2) is 8.62. The van der Waals surface area contributed by atoms with Gasteiger partial charge in [0.25, 0.3) is 11.6 Å². The molecule has 2 rings (SSSR count). The van der Waals surface area contributed by atoms with Gasteiger partial charge in [-0.15, -0.1) is 0 Å². The van der Waals surface area contributed by atoms with E-state index in [2.05, 4.69) is 17.2 Å². The van der Waals surface area contributed by atoms with Crippen molar-refractivity contribution in [3.63, 3.8) is 0 Å². The van der Waals surface area contributed by atoms with Crippen molar-refractivity contribution in [1.82, 2.24) is 10.2 Å². The Morgan fingerprint density at radius 1 is 1.54 bits per heavy atom. The summed E-state index contributed by atoms with van der Waals surface area (Å²) in [5.41, 5.74) is 0.313. The minimum absolute atomic E-state index is 0.0409. The van der Waals surface area contributed by atoms with Gasteiger partial charge >= 0.3 is 0 Å². The molecule has 1 fully saturated rings. The van der Waals surface area contributed by atoms with E-state index < -0.39 is 10.8 Å². The standard InChI is InChI=1S/C17H23N3O4/c1-13(24-2)11-14-5-3-4-6-15(12-16(14)20(22)23)17(21)19-9-7-18-8-10-19/h6,12-14,18H,4,7-11H2,1-2H3/b15-6+,16-12+/t13?,14-/m0/s1.